The zero-order chi connectivity index (χ0) is 19.4. The number of pyridine rings is 1. The van der Waals surface area contributed by atoms with Crippen molar-refractivity contribution in [1.29, 1.82) is 0 Å². The Morgan fingerprint density at radius 3 is 2.78 bits per heavy atom. The standard InChI is InChI=1S/C20H24N4O3/c1-14(12-24-16(3)10-15(2)22-24)11-21-20(26)18-8-7-17(27-18)13-23-9-5-4-6-19(23)25/h4-10,14H,11-13H2,1-3H3,(H,21,26)/t14-/m1/s1. The third kappa shape index (κ3) is 4.75. The Labute approximate surface area is 157 Å². The fourth-order valence-corrected chi connectivity index (χ4v) is 2.92. The maximum Gasteiger partial charge on any atom is 0.287 e. The van der Waals surface area contributed by atoms with Crippen LogP contribution in [0.5, 0.6) is 0 Å². The van der Waals surface area contributed by atoms with E-state index in [1.54, 1.807) is 30.5 Å². The monoisotopic (exact) mass is 368 g/mol. The van der Waals surface area contributed by atoms with E-state index in [4.69, 9.17) is 4.42 Å². The highest BCUT2D eigenvalue weighted by Crippen LogP contribution is 2.10. The molecule has 0 aromatic carbocycles. The number of aromatic nitrogens is 3. The van der Waals surface area contributed by atoms with Crippen LogP contribution in [-0.4, -0.2) is 26.8 Å². The number of furan rings is 1. The molecule has 0 saturated carbocycles. The minimum atomic E-state index is -0.262. The van der Waals surface area contributed by atoms with Gasteiger partial charge in [0, 0.05) is 31.0 Å². The van der Waals surface area contributed by atoms with Gasteiger partial charge in [-0.15, -0.1) is 0 Å². The van der Waals surface area contributed by atoms with E-state index in [-0.39, 0.29) is 23.1 Å². The van der Waals surface area contributed by atoms with Gasteiger partial charge in [0.05, 0.1) is 12.2 Å². The number of hydrogen-bond acceptors (Lipinski definition) is 4. The van der Waals surface area contributed by atoms with Crippen LogP contribution in [0.1, 0.15) is 34.6 Å². The van der Waals surface area contributed by atoms with E-state index in [2.05, 4.69) is 17.3 Å². The first-order chi connectivity index (χ1) is 12.9. The van der Waals surface area contributed by atoms with Crippen LogP contribution >= 0.6 is 0 Å². The van der Waals surface area contributed by atoms with Crippen molar-refractivity contribution in [2.24, 2.45) is 5.92 Å². The molecule has 1 atom stereocenters. The third-order valence-corrected chi connectivity index (χ3v) is 4.31. The van der Waals surface area contributed by atoms with Gasteiger partial charge in [-0.1, -0.05) is 13.0 Å². The largest absolute Gasteiger partial charge is 0.454 e. The summed E-state index contributed by atoms with van der Waals surface area (Å²) in [5.74, 6) is 0.766. The van der Waals surface area contributed by atoms with Crippen LogP contribution in [0.15, 0.2) is 51.8 Å². The summed E-state index contributed by atoms with van der Waals surface area (Å²) in [4.78, 5) is 24.1. The molecular formula is C20H24N4O3. The van der Waals surface area contributed by atoms with Gasteiger partial charge >= 0.3 is 0 Å². The van der Waals surface area contributed by atoms with E-state index in [0.29, 0.717) is 18.8 Å². The Morgan fingerprint density at radius 1 is 1.26 bits per heavy atom. The lowest BCUT2D eigenvalue weighted by Gasteiger charge is -2.13. The number of nitrogens with zero attached hydrogens (tertiary/aromatic N) is 3. The summed E-state index contributed by atoms with van der Waals surface area (Å²) in [6.45, 7) is 7.60. The molecule has 0 aliphatic rings. The maximum absolute atomic E-state index is 12.3. The van der Waals surface area contributed by atoms with Crippen LogP contribution in [0.2, 0.25) is 0 Å². The van der Waals surface area contributed by atoms with Crippen molar-refractivity contribution in [3.8, 4) is 0 Å². The first kappa shape index (κ1) is 18.7. The number of rotatable bonds is 7. The summed E-state index contributed by atoms with van der Waals surface area (Å²) in [6.07, 6.45) is 1.69. The Morgan fingerprint density at radius 2 is 2.07 bits per heavy atom. The number of carbonyl (C=O) groups is 1. The molecule has 1 amide bonds. The molecule has 3 aromatic rings. The van der Waals surface area contributed by atoms with Gasteiger partial charge in [-0.25, -0.2) is 0 Å². The summed E-state index contributed by atoms with van der Waals surface area (Å²) < 4.78 is 9.07. The van der Waals surface area contributed by atoms with E-state index in [0.717, 1.165) is 17.9 Å². The molecule has 0 saturated heterocycles. The summed E-state index contributed by atoms with van der Waals surface area (Å²) in [6, 6.07) is 10.3. The normalized spacial score (nSPS) is 12.1. The zero-order valence-electron chi connectivity index (χ0n) is 15.8. The molecule has 3 heterocycles. The molecule has 0 aliphatic carbocycles. The number of nitrogens with one attached hydrogen (secondary N) is 1. The lowest BCUT2D eigenvalue weighted by Crippen LogP contribution is -2.30. The third-order valence-electron chi connectivity index (χ3n) is 4.31. The van der Waals surface area contributed by atoms with Gasteiger partial charge in [0.1, 0.15) is 5.76 Å². The number of amides is 1. The van der Waals surface area contributed by atoms with E-state index in [1.807, 2.05) is 24.6 Å². The molecule has 3 aromatic heterocycles. The minimum absolute atomic E-state index is 0.113. The number of hydrogen-bond donors (Lipinski definition) is 1. The first-order valence-electron chi connectivity index (χ1n) is 8.96. The highest BCUT2D eigenvalue weighted by Gasteiger charge is 2.14. The van der Waals surface area contributed by atoms with E-state index >= 15 is 0 Å². The predicted molar refractivity (Wildman–Crippen MR) is 102 cm³/mol. The van der Waals surface area contributed by atoms with Crippen LogP contribution in [-0.2, 0) is 13.1 Å². The van der Waals surface area contributed by atoms with Gasteiger partial charge in [0.2, 0.25) is 0 Å². The summed E-state index contributed by atoms with van der Waals surface area (Å²) in [5, 5.41) is 7.33. The molecule has 0 radical (unpaired) electrons. The quantitative estimate of drug-likeness (QED) is 0.694. The smallest absolute Gasteiger partial charge is 0.287 e. The van der Waals surface area contributed by atoms with Crippen LogP contribution in [0.25, 0.3) is 0 Å². The van der Waals surface area contributed by atoms with Crippen molar-refractivity contribution in [3.63, 3.8) is 0 Å². The van der Waals surface area contributed by atoms with Crippen LogP contribution < -0.4 is 10.9 Å². The molecule has 0 bridgehead atoms. The molecular weight excluding hydrogens is 344 g/mol. The van der Waals surface area contributed by atoms with Gasteiger partial charge < -0.3 is 14.3 Å². The lowest BCUT2D eigenvalue weighted by molar-refractivity contribution is 0.0916. The van der Waals surface area contributed by atoms with Crippen LogP contribution in [0.3, 0.4) is 0 Å². The van der Waals surface area contributed by atoms with Crippen molar-refractivity contribution in [2.45, 2.75) is 33.9 Å². The number of carbonyl (C=O) groups excluding carboxylic acids is 1. The van der Waals surface area contributed by atoms with Crippen molar-refractivity contribution < 1.29 is 9.21 Å². The second kappa shape index (κ2) is 8.07. The Kier molecular flexibility index (Phi) is 5.59. The first-order valence-corrected chi connectivity index (χ1v) is 8.96. The van der Waals surface area contributed by atoms with Gasteiger partial charge in [-0.3, -0.25) is 14.3 Å². The summed E-state index contributed by atoms with van der Waals surface area (Å²) in [5.41, 5.74) is 1.99. The van der Waals surface area contributed by atoms with Gasteiger partial charge in [0.15, 0.2) is 5.76 Å². The average Bonchev–Trinajstić information content (AvgIpc) is 3.21. The SMILES string of the molecule is Cc1cc(C)n(C[C@H](C)CNC(=O)c2ccc(Cn3ccccc3=O)o2)n1. The Balaban J connectivity index is 1.54. The lowest BCUT2D eigenvalue weighted by atomic mass is 10.2. The summed E-state index contributed by atoms with van der Waals surface area (Å²) >= 11 is 0. The fraction of sp³-hybridized carbons (Fsp3) is 0.350. The second-order valence-electron chi connectivity index (χ2n) is 6.86. The van der Waals surface area contributed by atoms with E-state index in [9.17, 15) is 9.59 Å². The molecule has 0 aliphatic heterocycles. The molecule has 1 N–H and O–H groups in total. The van der Waals surface area contributed by atoms with Crippen molar-refractivity contribution in [1.82, 2.24) is 19.7 Å². The second-order valence-corrected chi connectivity index (χ2v) is 6.86. The molecule has 3 rings (SSSR count). The van der Waals surface area contributed by atoms with Crippen molar-refractivity contribution >= 4 is 5.91 Å². The Hall–Kier alpha value is -3.09. The zero-order valence-corrected chi connectivity index (χ0v) is 15.8. The molecule has 0 unspecified atom stereocenters. The van der Waals surface area contributed by atoms with Gasteiger partial charge in [0.25, 0.3) is 11.5 Å². The highest BCUT2D eigenvalue weighted by molar-refractivity contribution is 5.91. The molecule has 0 spiro atoms. The van der Waals surface area contributed by atoms with Crippen LogP contribution in [0, 0.1) is 19.8 Å². The summed E-state index contributed by atoms with van der Waals surface area (Å²) in [7, 11) is 0. The van der Waals surface area contributed by atoms with E-state index in [1.165, 1.54) is 10.6 Å². The average molecular weight is 368 g/mol. The molecule has 7 heteroatoms. The highest BCUT2D eigenvalue weighted by atomic mass is 16.4. The number of aryl methyl sites for hydroxylation is 2. The van der Waals surface area contributed by atoms with Crippen LogP contribution in [0.4, 0.5) is 0 Å². The van der Waals surface area contributed by atoms with Crippen molar-refractivity contribution in [3.05, 3.63) is 75.9 Å². The van der Waals surface area contributed by atoms with Crippen molar-refractivity contribution in [2.75, 3.05) is 6.54 Å². The van der Waals surface area contributed by atoms with Gasteiger partial charge in [-0.05, 0) is 44.0 Å². The van der Waals surface area contributed by atoms with Gasteiger partial charge in [-0.2, -0.15) is 5.10 Å². The minimum Gasteiger partial charge on any atom is -0.454 e. The molecule has 7 nitrogen and oxygen atoms in total. The Bertz CT molecular complexity index is 983. The van der Waals surface area contributed by atoms with E-state index < -0.39 is 0 Å². The molecule has 0 fully saturated rings. The molecule has 142 valence electrons. The predicted octanol–water partition coefficient (Wildman–Crippen LogP) is 2.37. The maximum atomic E-state index is 12.3. The topological polar surface area (TPSA) is 82.1 Å². The molecule has 27 heavy (non-hydrogen) atoms. The fourth-order valence-electron chi connectivity index (χ4n) is 2.92.